The number of hydrogen-bond acceptors (Lipinski definition) is 4. The summed E-state index contributed by atoms with van der Waals surface area (Å²) in [5.41, 5.74) is 2.13. The molecule has 2 aromatic carbocycles. The van der Waals surface area contributed by atoms with Gasteiger partial charge in [0, 0.05) is 15.8 Å². The Morgan fingerprint density at radius 1 is 1.00 bits per heavy atom. The number of nitrogens with zero attached hydrogens (tertiary/aromatic N) is 2. The van der Waals surface area contributed by atoms with E-state index in [9.17, 15) is 0 Å². The lowest BCUT2D eigenvalue weighted by molar-refractivity contribution is 0.420. The summed E-state index contributed by atoms with van der Waals surface area (Å²) < 4.78 is 5.64. The molecule has 0 amide bonds. The highest BCUT2D eigenvalue weighted by molar-refractivity contribution is 7.98. The van der Waals surface area contributed by atoms with Crippen LogP contribution in [-0.2, 0) is 12.2 Å². The molecule has 0 saturated heterocycles. The van der Waals surface area contributed by atoms with Gasteiger partial charge in [0.25, 0.3) is 5.22 Å². The van der Waals surface area contributed by atoms with Crippen LogP contribution in [0.5, 0.6) is 0 Å². The smallest absolute Gasteiger partial charge is 0.276 e. The van der Waals surface area contributed by atoms with Crippen LogP contribution in [0.2, 0.25) is 10.0 Å². The van der Waals surface area contributed by atoms with E-state index >= 15 is 0 Å². The third-order valence-electron chi connectivity index (χ3n) is 3.01. The van der Waals surface area contributed by atoms with Gasteiger partial charge in [-0.3, -0.25) is 0 Å². The van der Waals surface area contributed by atoms with Crippen molar-refractivity contribution in [1.82, 2.24) is 10.2 Å². The summed E-state index contributed by atoms with van der Waals surface area (Å²) in [7, 11) is 0. The zero-order valence-electron chi connectivity index (χ0n) is 11.5. The molecule has 0 atom stereocenters. The Labute approximate surface area is 142 Å². The highest BCUT2D eigenvalue weighted by atomic mass is 35.5. The van der Waals surface area contributed by atoms with Crippen LogP contribution in [0.15, 0.2) is 58.2 Å². The van der Waals surface area contributed by atoms with Crippen LogP contribution in [0.3, 0.4) is 0 Å². The van der Waals surface area contributed by atoms with Gasteiger partial charge < -0.3 is 4.42 Å². The van der Waals surface area contributed by atoms with Gasteiger partial charge in [0.05, 0.1) is 6.42 Å². The predicted molar refractivity (Wildman–Crippen MR) is 89.6 cm³/mol. The Kier molecular flexibility index (Phi) is 5.03. The van der Waals surface area contributed by atoms with Crippen LogP contribution >= 0.6 is 35.0 Å². The predicted octanol–water partition coefficient (Wildman–Crippen LogP) is 5.26. The van der Waals surface area contributed by atoms with Gasteiger partial charge in [0.1, 0.15) is 0 Å². The van der Waals surface area contributed by atoms with Gasteiger partial charge in [-0.2, -0.15) is 0 Å². The maximum atomic E-state index is 6.14. The number of aromatic nitrogens is 2. The maximum Gasteiger partial charge on any atom is 0.276 e. The van der Waals surface area contributed by atoms with Crippen molar-refractivity contribution in [1.29, 1.82) is 0 Å². The van der Waals surface area contributed by atoms with Crippen LogP contribution in [0.1, 0.15) is 17.0 Å². The van der Waals surface area contributed by atoms with E-state index in [0.29, 0.717) is 33.3 Å². The van der Waals surface area contributed by atoms with Gasteiger partial charge in [-0.1, -0.05) is 71.4 Å². The Balaban J connectivity index is 1.62. The monoisotopic (exact) mass is 350 g/mol. The van der Waals surface area contributed by atoms with Gasteiger partial charge >= 0.3 is 0 Å². The Morgan fingerprint density at radius 2 is 1.82 bits per heavy atom. The molecule has 112 valence electrons. The molecular formula is C16H12Cl2N2OS. The minimum Gasteiger partial charge on any atom is -0.416 e. The van der Waals surface area contributed by atoms with Crippen molar-refractivity contribution < 1.29 is 4.42 Å². The normalized spacial score (nSPS) is 10.8. The molecule has 0 radical (unpaired) electrons. The molecule has 1 heterocycles. The summed E-state index contributed by atoms with van der Waals surface area (Å²) in [6.45, 7) is 0. The average molecular weight is 351 g/mol. The first-order chi connectivity index (χ1) is 10.7. The molecule has 0 aliphatic rings. The molecule has 0 unspecified atom stereocenters. The molecule has 0 N–H and O–H groups in total. The van der Waals surface area contributed by atoms with E-state index in [2.05, 4.69) is 10.2 Å². The fourth-order valence-corrected chi connectivity index (χ4v) is 3.26. The number of benzene rings is 2. The lowest BCUT2D eigenvalue weighted by atomic mass is 10.2. The second-order valence-corrected chi connectivity index (χ2v) is 6.42. The third kappa shape index (κ3) is 4.03. The molecule has 0 saturated carbocycles. The molecule has 0 bridgehead atoms. The van der Waals surface area contributed by atoms with E-state index in [1.807, 2.05) is 42.5 Å². The minimum atomic E-state index is 0.539. The van der Waals surface area contributed by atoms with Crippen molar-refractivity contribution in [3.05, 3.63) is 75.6 Å². The van der Waals surface area contributed by atoms with Gasteiger partial charge in [-0.15, -0.1) is 10.2 Å². The fraction of sp³-hybridized carbons (Fsp3) is 0.125. The Hall–Kier alpha value is -1.49. The molecule has 3 nitrogen and oxygen atoms in total. The van der Waals surface area contributed by atoms with E-state index < -0.39 is 0 Å². The molecule has 3 rings (SSSR count). The van der Waals surface area contributed by atoms with Crippen molar-refractivity contribution in [3.8, 4) is 0 Å². The standard InChI is InChI=1S/C16H12Cl2N2OS/c17-13-7-6-12(14(18)9-13)10-22-16-20-19-15(21-16)8-11-4-2-1-3-5-11/h1-7,9H,8,10H2. The lowest BCUT2D eigenvalue weighted by Gasteiger charge is -2.02. The van der Waals surface area contributed by atoms with Crippen molar-refractivity contribution >= 4 is 35.0 Å². The topological polar surface area (TPSA) is 38.9 Å². The quantitative estimate of drug-likeness (QED) is 0.588. The third-order valence-corrected chi connectivity index (χ3v) is 4.47. The summed E-state index contributed by atoms with van der Waals surface area (Å²) in [4.78, 5) is 0. The molecule has 0 aliphatic carbocycles. The number of hydrogen-bond donors (Lipinski definition) is 0. The zero-order chi connectivity index (χ0) is 15.4. The molecule has 0 spiro atoms. The van der Waals surface area contributed by atoms with E-state index in [1.54, 1.807) is 6.07 Å². The molecule has 6 heteroatoms. The van der Waals surface area contributed by atoms with Crippen LogP contribution in [0, 0.1) is 0 Å². The summed E-state index contributed by atoms with van der Waals surface area (Å²) in [5, 5.41) is 9.93. The SMILES string of the molecule is Clc1ccc(CSc2nnc(Cc3ccccc3)o2)c(Cl)c1. The summed E-state index contributed by atoms with van der Waals surface area (Å²) in [6, 6.07) is 15.5. The highest BCUT2D eigenvalue weighted by Gasteiger charge is 2.09. The fourth-order valence-electron chi connectivity index (χ4n) is 1.92. The zero-order valence-corrected chi connectivity index (χ0v) is 13.8. The van der Waals surface area contributed by atoms with Crippen molar-refractivity contribution in [2.24, 2.45) is 0 Å². The van der Waals surface area contributed by atoms with Gasteiger partial charge in [0.15, 0.2) is 0 Å². The Morgan fingerprint density at radius 3 is 2.59 bits per heavy atom. The number of thioether (sulfide) groups is 1. The molecule has 22 heavy (non-hydrogen) atoms. The molecule has 3 aromatic rings. The van der Waals surface area contributed by atoms with Crippen molar-refractivity contribution in [3.63, 3.8) is 0 Å². The number of rotatable bonds is 5. The molecule has 0 fully saturated rings. The molecule has 0 aliphatic heterocycles. The van der Waals surface area contributed by atoms with Crippen molar-refractivity contribution in [2.75, 3.05) is 0 Å². The van der Waals surface area contributed by atoms with E-state index in [-0.39, 0.29) is 0 Å². The second kappa shape index (κ2) is 7.18. The summed E-state index contributed by atoms with van der Waals surface area (Å²) in [6.07, 6.45) is 0.635. The summed E-state index contributed by atoms with van der Waals surface area (Å²) in [5.74, 6) is 1.26. The average Bonchev–Trinajstić information content (AvgIpc) is 2.95. The summed E-state index contributed by atoms with van der Waals surface area (Å²) >= 11 is 13.5. The van der Waals surface area contributed by atoms with Gasteiger partial charge in [-0.05, 0) is 23.3 Å². The van der Waals surface area contributed by atoms with Gasteiger partial charge in [0.2, 0.25) is 5.89 Å². The largest absolute Gasteiger partial charge is 0.416 e. The maximum absolute atomic E-state index is 6.14. The number of halogens is 2. The van der Waals surface area contributed by atoms with E-state index in [4.69, 9.17) is 27.6 Å². The highest BCUT2D eigenvalue weighted by Crippen LogP contribution is 2.28. The molecule has 1 aromatic heterocycles. The molecular weight excluding hydrogens is 339 g/mol. The van der Waals surface area contributed by atoms with E-state index in [1.165, 1.54) is 11.8 Å². The van der Waals surface area contributed by atoms with Crippen LogP contribution in [0.4, 0.5) is 0 Å². The second-order valence-electron chi connectivity index (χ2n) is 4.65. The first-order valence-electron chi connectivity index (χ1n) is 6.64. The Bertz CT molecular complexity index is 762. The first kappa shape index (κ1) is 15.4. The van der Waals surface area contributed by atoms with Crippen LogP contribution in [-0.4, -0.2) is 10.2 Å². The van der Waals surface area contributed by atoms with Crippen molar-refractivity contribution in [2.45, 2.75) is 17.4 Å². The lowest BCUT2D eigenvalue weighted by Crippen LogP contribution is -1.87. The van der Waals surface area contributed by atoms with Gasteiger partial charge in [-0.25, -0.2) is 0 Å². The minimum absolute atomic E-state index is 0.539. The van der Waals surface area contributed by atoms with Crippen LogP contribution < -0.4 is 0 Å². The van der Waals surface area contributed by atoms with E-state index in [0.717, 1.165) is 11.1 Å². The van der Waals surface area contributed by atoms with Crippen LogP contribution in [0.25, 0.3) is 0 Å². The first-order valence-corrected chi connectivity index (χ1v) is 8.38.